The summed E-state index contributed by atoms with van der Waals surface area (Å²) >= 11 is 2.08. The summed E-state index contributed by atoms with van der Waals surface area (Å²) in [6.45, 7) is 8.31. The lowest BCUT2D eigenvalue weighted by atomic mass is 9.92. The number of aromatic nitrogens is 2. The van der Waals surface area contributed by atoms with Crippen molar-refractivity contribution in [3.63, 3.8) is 0 Å². The average molecular weight is 382 g/mol. The zero-order valence-corrected chi connectivity index (χ0v) is 14.4. The molecule has 0 unspecified atom stereocenters. The zero-order chi connectivity index (χ0) is 14.9. The molecule has 0 saturated heterocycles. The van der Waals surface area contributed by atoms with Crippen molar-refractivity contribution in [2.75, 3.05) is 0 Å². The molecule has 0 fully saturated rings. The van der Waals surface area contributed by atoms with E-state index in [-0.39, 0.29) is 11.0 Å². The number of aromatic amines is 1. The summed E-state index contributed by atoms with van der Waals surface area (Å²) in [5.41, 5.74) is 3.09. The summed E-state index contributed by atoms with van der Waals surface area (Å²) in [5.74, 6) is 0.731. The van der Waals surface area contributed by atoms with Crippen LogP contribution in [0.5, 0.6) is 0 Å². The van der Waals surface area contributed by atoms with Crippen LogP contribution in [0.15, 0.2) is 29.1 Å². The Bertz CT molecular complexity index is 684. The van der Waals surface area contributed by atoms with E-state index in [0.29, 0.717) is 9.99 Å². The van der Waals surface area contributed by atoms with Crippen LogP contribution in [0, 0.1) is 10.5 Å². The Kier molecular flexibility index (Phi) is 4.32. The first-order valence-corrected chi connectivity index (χ1v) is 7.70. The first kappa shape index (κ1) is 15.2. The molecular weight excluding hydrogens is 363 g/mol. The second kappa shape index (κ2) is 5.68. The Labute approximate surface area is 133 Å². The number of rotatable bonds is 2. The van der Waals surface area contributed by atoms with Gasteiger partial charge in [-0.3, -0.25) is 4.79 Å². The lowest BCUT2D eigenvalue weighted by molar-refractivity contribution is 0.556. The quantitative estimate of drug-likeness (QED) is 0.808. The van der Waals surface area contributed by atoms with Crippen LogP contribution in [0.4, 0.5) is 0 Å². The number of hydrogen-bond acceptors (Lipinski definition) is 2. The van der Waals surface area contributed by atoms with Crippen LogP contribution in [0.2, 0.25) is 0 Å². The molecular formula is C16H19IN2O. The highest BCUT2D eigenvalue weighted by Crippen LogP contribution is 2.23. The van der Waals surface area contributed by atoms with Gasteiger partial charge in [-0.15, -0.1) is 0 Å². The number of H-pyrrole nitrogens is 1. The average Bonchev–Trinajstić information content (AvgIpc) is 2.35. The second-order valence-corrected chi connectivity index (χ2v) is 7.11. The number of benzene rings is 1. The van der Waals surface area contributed by atoms with Gasteiger partial charge in [0.25, 0.3) is 5.56 Å². The van der Waals surface area contributed by atoms with Crippen LogP contribution in [0.1, 0.15) is 43.4 Å². The minimum absolute atomic E-state index is 0.0471. The van der Waals surface area contributed by atoms with Crippen LogP contribution in [-0.4, -0.2) is 9.97 Å². The first-order valence-electron chi connectivity index (χ1n) is 6.62. The molecule has 0 amide bonds. The van der Waals surface area contributed by atoms with Crippen LogP contribution in [-0.2, 0) is 11.8 Å². The number of nitrogens with zero attached hydrogens (tertiary/aromatic N) is 1. The van der Waals surface area contributed by atoms with Gasteiger partial charge in [0, 0.05) is 11.8 Å². The molecule has 1 heterocycles. The van der Waals surface area contributed by atoms with E-state index < -0.39 is 0 Å². The fourth-order valence-corrected chi connectivity index (χ4v) is 3.14. The van der Waals surface area contributed by atoms with Gasteiger partial charge in [-0.05, 0) is 40.6 Å². The highest BCUT2D eigenvalue weighted by molar-refractivity contribution is 14.1. The lowest BCUT2D eigenvalue weighted by Crippen LogP contribution is -2.25. The van der Waals surface area contributed by atoms with Crippen LogP contribution in [0.3, 0.4) is 0 Å². The predicted octanol–water partition coefficient (Wildman–Crippen LogP) is 3.57. The molecule has 0 saturated carbocycles. The molecule has 3 nitrogen and oxygen atoms in total. The van der Waals surface area contributed by atoms with Crippen molar-refractivity contribution in [3.05, 3.63) is 60.8 Å². The molecule has 0 aliphatic carbocycles. The van der Waals surface area contributed by atoms with Gasteiger partial charge in [-0.25, -0.2) is 4.98 Å². The number of aryl methyl sites for hydroxylation is 1. The monoisotopic (exact) mass is 382 g/mol. The smallest absolute Gasteiger partial charge is 0.264 e. The topological polar surface area (TPSA) is 45.8 Å². The highest BCUT2D eigenvalue weighted by atomic mass is 127. The molecule has 0 radical (unpaired) electrons. The van der Waals surface area contributed by atoms with E-state index in [1.54, 1.807) is 0 Å². The summed E-state index contributed by atoms with van der Waals surface area (Å²) in [6.07, 6.45) is 0.655. The molecule has 0 aliphatic heterocycles. The normalized spacial score (nSPS) is 11.7. The number of hydrogen-bond donors (Lipinski definition) is 1. The minimum atomic E-state index is -0.134. The molecule has 20 heavy (non-hydrogen) atoms. The molecule has 2 aromatic rings. The molecule has 106 valence electrons. The summed E-state index contributed by atoms with van der Waals surface area (Å²) in [6, 6.07) is 8.18. The largest absolute Gasteiger partial charge is 0.309 e. The van der Waals surface area contributed by atoms with Crippen LogP contribution < -0.4 is 5.56 Å². The SMILES string of the molecule is Cc1ccccc1Cc1nc(C(C)(C)C)c(I)c(=O)[nH]1. The van der Waals surface area contributed by atoms with Gasteiger partial charge < -0.3 is 4.98 Å². The number of halogens is 1. The fraction of sp³-hybridized carbons (Fsp3) is 0.375. The van der Waals surface area contributed by atoms with Crippen molar-refractivity contribution in [2.24, 2.45) is 0 Å². The minimum Gasteiger partial charge on any atom is -0.309 e. The van der Waals surface area contributed by atoms with E-state index in [2.05, 4.69) is 72.4 Å². The van der Waals surface area contributed by atoms with E-state index in [9.17, 15) is 4.79 Å². The third-order valence-corrected chi connectivity index (χ3v) is 4.24. The van der Waals surface area contributed by atoms with Crippen molar-refractivity contribution in [2.45, 2.75) is 39.5 Å². The third kappa shape index (κ3) is 3.29. The Morgan fingerprint density at radius 3 is 2.50 bits per heavy atom. The maximum atomic E-state index is 12.1. The van der Waals surface area contributed by atoms with Crippen molar-refractivity contribution in [3.8, 4) is 0 Å². The molecule has 4 heteroatoms. The Balaban J connectivity index is 2.47. The molecule has 0 atom stereocenters. The fourth-order valence-electron chi connectivity index (χ4n) is 2.07. The molecule has 2 rings (SSSR count). The Morgan fingerprint density at radius 2 is 1.90 bits per heavy atom. The Morgan fingerprint density at radius 1 is 1.25 bits per heavy atom. The molecule has 0 bridgehead atoms. The van der Waals surface area contributed by atoms with Gasteiger partial charge in [0.1, 0.15) is 9.39 Å². The Hall–Kier alpha value is -1.17. The summed E-state index contributed by atoms with van der Waals surface area (Å²) in [5, 5.41) is 0. The molecule has 1 N–H and O–H groups in total. The maximum absolute atomic E-state index is 12.1. The van der Waals surface area contributed by atoms with Crippen LogP contribution >= 0.6 is 22.6 Å². The summed E-state index contributed by atoms with van der Waals surface area (Å²) < 4.78 is 0.684. The molecule has 1 aromatic carbocycles. The van der Waals surface area contributed by atoms with E-state index in [1.807, 2.05) is 12.1 Å². The molecule has 0 spiro atoms. The van der Waals surface area contributed by atoms with E-state index in [4.69, 9.17) is 0 Å². The predicted molar refractivity (Wildman–Crippen MR) is 90.3 cm³/mol. The molecule has 1 aromatic heterocycles. The standard InChI is InChI=1S/C16H19IN2O/c1-10-7-5-6-8-11(10)9-12-18-14(16(2,3)4)13(17)15(20)19-12/h5-8H,9H2,1-4H3,(H,18,19,20). The van der Waals surface area contributed by atoms with E-state index in [1.165, 1.54) is 11.1 Å². The van der Waals surface area contributed by atoms with Crippen LogP contribution in [0.25, 0.3) is 0 Å². The first-order chi connectivity index (χ1) is 9.29. The van der Waals surface area contributed by atoms with Crippen molar-refractivity contribution in [1.29, 1.82) is 0 Å². The van der Waals surface area contributed by atoms with Gasteiger partial charge >= 0.3 is 0 Å². The van der Waals surface area contributed by atoms with Crippen molar-refractivity contribution in [1.82, 2.24) is 9.97 Å². The summed E-state index contributed by atoms with van der Waals surface area (Å²) in [4.78, 5) is 19.6. The van der Waals surface area contributed by atoms with Gasteiger partial charge in [-0.2, -0.15) is 0 Å². The van der Waals surface area contributed by atoms with Crippen molar-refractivity contribution < 1.29 is 0 Å². The number of nitrogens with one attached hydrogen (secondary N) is 1. The maximum Gasteiger partial charge on any atom is 0.264 e. The van der Waals surface area contributed by atoms with E-state index >= 15 is 0 Å². The van der Waals surface area contributed by atoms with E-state index in [0.717, 1.165) is 11.5 Å². The molecule has 0 aliphatic rings. The third-order valence-electron chi connectivity index (χ3n) is 3.24. The van der Waals surface area contributed by atoms with Gasteiger partial charge in [0.2, 0.25) is 0 Å². The highest BCUT2D eigenvalue weighted by Gasteiger charge is 2.22. The van der Waals surface area contributed by atoms with Gasteiger partial charge in [0.15, 0.2) is 0 Å². The summed E-state index contributed by atoms with van der Waals surface area (Å²) in [7, 11) is 0. The van der Waals surface area contributed by atoms with Gasteiger partial charge in [0.05, 0.1) is 5.69 Å². The zero-order valence-electron chi connectivity index (χ0n) is 12.2. The lowest BCUT2D eigenvalue weighted by Gasteiger charge is -2.19. The van der Waals surface area contributed by atoms with Gasteiger partial charge in [-0.1, -0.05) is 45.0 Å². The van der Waals surface area contributed by atoms with Crippen molar-refractivity contribution >= 4 is 22.6 Å². The second-order valence-electron chi connectivity index (χ2n) is 6.03.